The molecule has 2 aliphatic rings. The van der Waals surface area contributed by atoms with Gasteiger partial charge in [-0.3, -0.25) is 9.69 Å². The summed E-state index contributed by atoms with van der Waals surface area (Å²) in [5, 5.41) is 34.1. The molecule has 2 fully saturated rings. The van der Waals surface area contributed by atoms with E-state index in [4.69, 9.17) is 9.47 Å². The fourth-order valence-electron chi connectivity index (χ4n) is 4.64. The minimum atomic E-state index is -1.39. The molecule has 32 heavy (non-hydrogen) atoms. The molecule has 0 radical (unpaired) electrons. The summed E-state index contributed by atoms with van der Waals surface area (Å²) in [6.45, 7) is 8.29. The smallest absolute Gasteiger partial charge is 0.410 e. The van der Waals surface area contributed by atoms with Crippen molar-refractivity contribution < 1.29 is 34.4 Å². The van der Waals surface area contributed by atoms with E-state index >= 15 is 0 Å². The molecule has 2 saturated heterocycles. The third-order valence-corrected chi connectivity index (χ3v) is 7.29. The Hall–Kier alpha value is -1.07. The van der Waals surface area contributed by atoms with Gasteiger partial charge in [-0.15, -0.1) is 11.8 Å². The fraction of sp³-hybridized carbons (Fsp3) is 0.909. The zero-order valence-corrected chi connectivity index (χ0v) is 20.6. The number of thioether (sulfide) groups is 1. The molecule has 2 heterocycles. The molecular weight excluding hydrogens is 436 g/mol. The van der Waals surface area contributed by atoms with Crippen LogP contribution in [0.1, 0.15) is 53.4 Å². The highest BCUT2D eigenvalue weighted by molar-refractivity contribution is 7.99. The maximum atomic E-state index is 13.4. The van der Waals surface area contributed by atoms with E-state index < -0.39 is 48.0 Å². The molecule has 2 rings (SSSR count). The Morgan fingerprint density at radius 2 is 1.88 bits per heavy atom. The van der Waals surface area contributed by atoms with E-state index in [1.165, 1.54) is 16.7 Å². The topological polar surface area (TPSA) is 129 Å². The second kappa shape index (κ2) is 12.4. The van der Waals surface area contributed by atoms with Crippen LogP contribution in [-0.2, 0) is 14.3 Å². The summed E-state index contributed by atoms with van der Waals surface area (Å²) in [5.74, 6) is -0.113. The van der Waals surface area contributed by atoms with E-state index in [0.29, 0.717) is 18.9 Å². The van der Waals surface area contributed by atoms with Gasteiger partial charge < -0.3 is 30.1 Å². The van der Waals surface area contributed by atoms with Gasteiger partial charge in [0.15, 0.2) is 0 Å². The van der Waals surface area contributed by atoms with Gasteiger partial charge in [0.05, 0.1) is 12.6 Å². The monoisotopic (exact) mass is 476 g/mol. The number of nitrogens with zero attached hydrogens (tertiary/aromatic N) is 1. The Balaban J connectivity index is 2.22. The molecule has 0 aromatic rings. The molecule has 186 valence electrons. The molecule has 9 nitrogen and oxygen atoms in total. The molecule has 0 aromatic carbocycles. The number of piperidine rings is 1. The minimum Gasteiger partial charge on any atom is -0.450 e. The summed E-state index contributed by atoms with van der Waals surface area (Å²) < 4.78 is 11.1. The van der Waals surface area contributed by atoms with Crippen LogP contribution in [0.25, 0.3) is 0 Å². The number of hydrogen-bond donors (Lipinski definition) is 4. The van der Waals surface area contributed by atoms with Crippen molar-refractivity contribution in [2.24, 2.45) is 11.8 Å². The summed E-state index contributed by atoms with van der Waals surface area (Å²) in [7, 11) is 0. The van der Waals surface area contributed by atoms with Crippen molar-refractivity contribution in [2.75, 3.05) is 19.4 Å². The van der Waals surface area contributed by atoms with Gasteiger partial charge >= 0.3 is 6.09 Å². The third-order valence-electron chi connectivity index (χ3n) is 6.43. The summed E-state index contributed by atoms with van der Waals surface area (Å²) in [4.78, 5) is 27.4. The van der Waals surface area contributed by atoms with E-state index in [9.17, 15) is 24.9 Å². The molecule has 10 heteroatoms. The Morgan fingerprint density at radius 1 is 1.19 bits per heavy atom. The predicted octanol–water partition coefficient (Wildman–Crippen LogP) is 1.34. The molecule has 2 aliphatic heterocycles. The maximum absolute atomic E-state index is 13.4. The van der Waals surface area contributed by atoms with Crippen LogP contribution in [0.3, 0.4) is 0 Å². The number of aliphatic hydroxyl groups is 3. The largest absolute Gasteiger partial charge is 0.450 e. The minimum absolute atomic E-state index is 0.130. The lowest BCUT2D eigenvalue weighted by Crippen LogP contribution is -2.65. The van der Waals surface area contributed by atoms with Gasteiger partial charge in [-0.2, -0.15) is 0 Å². The quantitative estimate of drug-likeness (QED) is 0.413. The second-order valence-electron chi connectivity index (χ2n) is 9.04. The van der Waals surface area contributed by atoms with Gasteiger partial charge in [-0.05, 0) is 37.9 Å². The first-order chi connectivity index (χ1) is 15.2. The van der Waals surface area contributed by atoms with E-state index in [1.807, 2.05) is 13.8 Å². The molecule has 2 amide bonds. The predicted molar refractivity (Wildman–Crippen MR) is 122 cm³/mol. The highest BCUT2D eigenvalue weighted by Gasteiger charge is 2.48. The van der Waals surface area contributed by atoms with Crippen molar-refractivity contribution in [3.63, 3.8) is 0 Å². The van der Waals surface area contributed by atoms with E-state index in [1.54, 1.807) is 13.2 Å². The van der Waals surface area contributed by atoms with Crippen molar-refractivity contribution in [3.8, 4) is 0 Å². The first kappa shape index (κ1) is 27.2. The number of rotatable bonds is 8. The van der Waals surface area contributed by atoms with Crippen molar-refractivity contribution in [1.82, 2.24) is 10.2 Å². The summed E-state index contributed by atoms with van der Waals surface area (Å²) >= 11 is 1.23. The van der Waals surface area contributed by atoms with Gasteiger partial charge in [-0.25, -0.2) is 4.79 Å². The molecule has 0 spiro atoms. The van der Waals surface area contributed by atoms with Gasteiger partial charge in [-0.1, -0.05) is 33.6 Å². The lowest BCUT2D eigenvalue weighted by Gasteiger charge is -2.45. The summed E-state index contributed by atoms with van der Waals surface area (Å²) in [5.41, 5.74) is -0.726. The molecule has 8 unspecified atom stereocenters. The normalized spacial score (nSPS) is 34.3. The van der Waals surface area contributed by atoms with Crippen molar-refractivity contribution in [2.45, 2.75) is 95.3 Å². The third kappa shape index (κ3) is 6.28. The standard InChI is InChI=1S/C22H40N2O7S/c1-6-8-13-9-10-24(22(29)30-7-2)14(11-13)20(28)23-15(12(3)4)19-17(26)16(25)18(27)21(31-19)32-5/h12-19,21,25-27H,6-11H2,1-5H3,(H,23,28). The molecule has 0 aromatic heterocycles. The van der Waals surface area contributed by atoms with Crippen LogP contribution in [0.15, 0.2) is 0 Å². The average molecular weight is 477 g/mol. The van der Waals surface area contributed by atoms with Crippen molar-refractivity contribution in [1.29, 1.82) is 0 Å². The average Bonchev–Trinajstić information content (AvgIpc) is 2.76. The summed E-state index contributed by atoms with van der Waals surface area (Å²) in [6.07, 6.45) is -0.271. The van der Waals surface area contributed by atoms with Gasteiger partial charge in [0, 0.05) is 6.54 Å². The highest BCUT2D eigenvalue weighted by atomic mass is 32.2. The number of hydrogen-bond acceptors (Lipinski definition) is 8. The Morgan fingerprint density at radius 3 is 2.44 bits per heavy atom. The molecular formula is C22H40N2O7S. The number of likely N-dealkylation sites (tertiary alicyclic amines) is 1. The number of aliphatic hydroxyl groups excluding tert-OH is 3. The van der Waals surface area contributed by atoms with E-state index in [-0.39, 0.29) is 18.4 Å². The van der Waals surface area contributed by atoms with Crippen molar-refractivity contribution in [3.05, 3.63) is 0 Å². The number of carbonyl (C=O) groups excluding carboxylic acids is 2. The van der Waals surface area contributed by atoms with Crippen LogP contribution in [0.5, 0.6) is 0 Å². The first-order valence-corrected chi connectivity index (χ1v) is 12.9. The van der Waals surface area contributed by atoms with E-state index in [0.717, 1.165) is 19.3 Å². The highest BCUT2D eigenvalue weighted by Crippen LogP contribution is 2.31. The molecule has 8 atom stereocenters. The van der Waals surface area contributed by atoms with Gasteiger partial charge in [0.2, 0.25) is 5.91 Å². The Labute approximate surface area is 195 Å². The number of nitrogens with one attached hydrogen (secondary N) is 1. The zero-order chi connectivity index (χ0) is 24.0. The van der Waals surface area contributed by atoms with Crippen LogP contribution in [0.4, 0.5) is 4.79 Å². The molecule has 0 aliphatic carbocycles. The number of amides is 2. The summed E-state index contributed by atoms with van der Waals surface area (Å²) in [6, 6.07) is -1.29. The second-order valence-corrected chi connectivity index (χ2v) is 9.98. The molecule has 0 saturated carbocycles. The fourth-order valence-corrected chi connectivity index (χ4v) is 5.32. The number of carbonyl (C=O) groups is 2. The van der Waals surface area contributed by atoms with Crippen LogP contribution in [-0.4, -0.2) is 93.6 Å². The Bertz CT molecular complexity index is 621. The van der Waals surface area contributed by atoms with Crippen LogP contribution in [0.2, 0.25) is 0 Å². The Kier molecular flexibility index (Phi) is 10.5. The lowest BCUT2D eigenvalue weighted by atomic mass is 9.86. The van der Waals surface area contributed by atoms with Gasteiger partial charge in [0.25, 0.3) is 0 Å². The lowest BCUT2D eigenvalue weighted by molar-refractivity contribution is -0.208. The zero-order valence-electron chi connectivity index (χ0n) is 19.8. The SMILES string of the molecule is CCCC1CCN(C(=O)OCC)C(C(=O)NC(C(C)C)C2OC(SC)C(O)C(O)C2O)C1. The maximum Gasteiger partial charge on any atom is 0.410 e. The molecule has 4 N–H and O–H groups in total. The van der Waals surface area contributed by atoms with E-state index in [2.05, 4.69) is 12.2 Å². The van der Waals surface area contributed by atoms with Gasteiger partial charge in [0.1, 0.15) is 35.9 Å². The first-order valence-electron chi connectivity index (χ1n) is 11.6. The van der Waals surface area contributed by atoms with Crippen molar-refractivity contribution >= 4 is 23.8 Å². The van der Waals surface area contributed by atoms with Crippen LogP contribution >= 0.6 is 11.8 Å². The van der Waals surface area contributed by atoms with Crippen LogP contribution < -0.4 is 5.32 Å². The number of ether oxygens (including phenoxy) is 2. The van der Waals surface area contributed by atoms with Crippen LogP contribution in [0, 0.1) is 11.8 Å². The molecule has 0 bridgehead atoms.